The molecule has 1 aromatic heterocycles. The van der Waals surface area contributed by atoms with E-state index in [1.165, 1.54) is 5.56 Å². The summed E-state index contributed by atoms with van der Waals surface area (Å²) >= 11 is 5.90. The van der Waals surface area contributed by atoms with Crippen LogP contribution in [0, 0.1) is 0 Å². The lowest BCUT2D eigenvalue weighted by Gasteiger charge is -2.09. The van der Waals surface area contributed by atoms with Crippen molar-refractivity contribution in [2.45, 2.75) is 19.3 Å². The number of anilines is 2. The summed E-state index contributed by atoms with van der Waals surface area (Å²) in [7, 11) is 1.64. The Kier molecular flexibility index (Phi) is 9.10. The van der Waals surface area contributed by atoms with E-state index >= 15 is 0 Å². The van der Waals surface area contributed by atoms with Gasteiger partial charge >= 0.3 is 6.03 Å². The van der Waals surface area contributed by atoms with E-state index < -0.39 is 6.03 Å². The van der Waals surface area contributed by atoms with Crippen molar-refractivity contribution in [3.05, 3.63) is 40.7 Å². The molecule has 162 valence electrons. The number of halogens is 1. The summed E-state index contributed by atoms with van der Waals surface area (Å²) in [5.41, 5.74) is 18.0. The number of nitrogen functional groups attached to an aromatic ring is 1. The molecule has 11 heteroatoms. The zero-order valence-corrected chi connectivity index (χ0v) is 17.5. The number of methoxy groups -OCH3 is 1. The van der Waals surface area contributed by atoms with Gasteiger partial charge in [-0.3, -0.25) is 10.3 Å². The molecule has 0 saturated carbocycles. The van der Waals surface area contributed by atoms with Crippen LogP contribution in [0.4, 0.5) is 16.4 Å². The molecule has 0 spiro atoms. The molecule has 1 heterocycles. The molecule has 0 unspecified atom stereocenters. The van der Waals surface area contributed by atoms with Gasteiger partial charge in [0.1, 0.15) is 23.9 Å². The number of benzene rings is 1. The maximum atomic E-state index is 11.1. The minimum absolute atomic E-state index is 0.0125. The summed E-state index contributed by atoms with van der Waals surface area (Å²) in [5.74, 6) is 0.869. The average Bonchev–Trinajstić information content (AvgIpc) is 2.71. The number of urea groups is 1. The number of rotatable bonds is 11. The van der Waals surface area contributed by atoms with E-state index in [2.05, 4.69) is 20.3 Å². The van der Waals surface area contributed by atoms with E-state index in [1.807, 2.05) is 24.3 Å². The number of amides is 2. The first-order chi connectivity index (χ1) is 14.4. The van der Waals surface area contributed by atoms with Gasteiger partial charge in [0.15, 0.2) is 16.8 Å². The fourth-order valence-electron chi connectivity index (χ4n) is 2.52. The fourth-order valence-corrected chi connectivity index (χ4v) is 2.65. The van der Waals surface area contributed by atoms with Crippen molar-refractivity contribution >= 4 is 35.1 Å². The van der Waals surface area contributed by atoms with Crippen molar-refractivity contribution < 1.29 is 14.3 Å². The van der Waals surface area contributed by atoms with Gasteiger partial charge < -0.3 is 26.7 Å². The van der Waals surface area contributed by atoms with Crippen molar-refractivity contribution in [2.24, 2.45) is 16.5 Å². The Morgan fingerprint density at radius 3 is 2.57 bits per heavy atom. The third kappa shape index (κ3) is 7.37. The second-order valence-corrected chi connectivity index (χ2v) is 6.65. The van der Waals surface area contributed by atoms with Gasteiger partial charge in [-0.1, -0.05) is 23.7 Å². The van der Waals surface area contributed by atoms with Crippen LogP contribution in [0.15, 0.2) is 29.3 Å². The summed E-state index contributed by atoms with van der Waals surface area (Å²) < 4.78 is 10.5. The topological polar surface area (TPSA) is 164 Å². The molecule has 0 aliphatic heterocycles. The molecule has 2 rings (SSSR count). The van der Waals surface area contributed by atoms with Crippen LogP contribution in [-0.2, 0) is 11.2 Å². The Morgan fingerprint density at radius 2 is 1.90 bits per heavy atom. The normalized spacial score (nSPS) is 11.3. The number of aromatic nitrogens is 2. The van der Waals surface area contributed by atoms with Crippen molar-refractivity contribution in [1.82, 2.24) is 9.97 Å². The van der Waals surface area contributed by atoms with Crippen LogP contribution in [0.5, 0.6) is 5.75 Å². The molecular formula is C19H26ClN7O3. The molecule has 0 saturated heterocycles. The highest BCUT2D eigenvalue weighted by Crippen LogP contribution is 2.19. The maximum Gasteiger partial charge on any atom is 0.317 e. The quantitative estimate of drug-likeness (QED) is 0.238. The minimum Gasteiger partial charge on any atom is -0.491 e. The minimum atomic E-state index is -0.824. The second kappa shape index (κ2) is 11.8. The summed E-state index contributed by atoms with van der Waals surface area (Å²) in [6.07, 6.45) is 2.62. The molecule has 0 radical (unpaired) electrons. The van der Waals surface area contributed by atoms with Crippen molar-refractivity contribution in [2.75, 3.05) is 37.9 Å². The number of carbonyl (C=O) groups is 1. The lowest BCUT2D eigenvalue weighted by molar-refractivity contribution is 0.146. The van der Waals surface area contributed by atoms with Crippen LogP contribution in [0.25, 0.3) is 0 Å². The molecule has 10 nitrogen and oxygen atoms in total. The SMILES string of the molecule is COCCOc1ccc(CCCCN=C(N)c2nc(Cl)c(N)nc2NC(N)=O)cc1. The molecule has 30 heavy (non-hydrogen) atoms. The first-order valence-electron chi connectivity index (χ1n) is 9.31. The van der Waals surface area contributed by atoms with Gasteiger partial charge in [-0.25, -0.2) is 14.8 Å². The van der Waals surface area contributed by atoms with Crippen molar-refractivity contribution in [3.63, 3.8) is 0 Å². The number of nitrogens with two attached hydrogens (primary N) is 3. The lowest BCUT2D eigenvalue weighted by Crippen LogP contribution is -2.25. The molecule has 0 aliphatic rings. The first-order valence-corrected chi connectivity index (χ1v) is 9.69. The maximum absolute atomic E-state index is 11.1. The highest BCUT2D eigenvalue weighted by molar-refractivity contribution is 6.31. The van der Waals surface area contributed by atoms with Gasteiger partial charge in [0.2, 0.25) is 0 Å². The van der Waals surface area contributed by atoms with Crippen LogP contribution in [0.1, 0.15) is 24.1 Å². The van der Waals surface area contributed by atoms with E-state index in [4.69, 9.17) is 38.3 Å². The van der Waals surface area contributed by atoms with Crippen LogP contribution < -0.4 is 27.3 Å². The van der Waals surface area contributed by atoms with Gasteiger partial charge in [-0.15, -0.1) is 0 Å². The Bertz CT molecular complexity index is 875. The van der Waals surface area contributed by atoms with E-state index in [0.717, 1.165) is 25.0 Å². The predicted octanol–water partition coefficient (Wildman–Crippen LogP) is 1.96. The van der Waals surface area contributed by atoms with Gasteiger partial charge in [-0.05, 0) is 37.0 Å². The Hall–Kier alpha value is -3.11. The molecule has 0 aliphatic carbocycles. The Balaban J connectivity index is 1.86. The smallest absolute Gasteiger partial charge is 0.317 e. The predicted molar refractivity (Wildman–Crippen MR) is 117 cm³/mol. The van der Waals surface area contributed by atoms with Gasteiger partial charge in [0.25, 0.3) is 0 Å². The number of nitrogens with zero attached hydrogens (tertiary/aromatic N) is 3. The number of primary amides is 1. The number of nitrogens with one attached hydrogen (secondary N) is 1. The standard InChI is InChI=1S/C19H26ClN7O3/c1-29-10-11-30-13-7-5-12(6-8-13)4-2-3-9-24-16(21)14-18(27-19(23)28)26-17(22)15(20)25-14/h5-8H,2-4,9-11H2,1H3,(H2,21,24)(H5,22,23,26,27,28). The molecule has 1 aromatic carbocycles. The van der Waals surface area contributed by atoms with E-state index in [0.29, 0.717) is 19.8 Å². The van der Waals surface area contributed by atoms with Gasteiger partial charge in [0.05, 0.1) is 6.61 Å². The number of hydrogen-bond donors (Lipinski definition) is 4. The van der Waals surface area contributed by atoms with Gasteiger partial charge in [0, 0.05) is 13.7 Å². The molecular weight excluding hydrogens is 410 g/mol. The van der Waals surface area contributed by atoms with E-state index in [-0.39, 0.29) is 28.3 Å². The van der Waals surface area contributed by atoms with Gasteiger partial charge in [-0.2, -0.15) is 0 Å². The summed E-state index contributed by atoms with van der Waals surface area (Å²) in [6, 6.07) is 7.13. The molecule has 0 atom stereocenters. The monoisotopic (exact) mass is 435 g/mol. The number of hydrogen-bond acceptors (Lipinski definition) is 7. The third-order valence-electron chi connectivity index (χ3n) is 4.00. The summed E-state index contributed by atoms with van der Waals surface area (Å²) in [4.78, 5) is 23.4. The third-order valence-corrected chi connectivity index (χ3v) is 4.28. The van der Waals surface area contributed by atoms with E-state index in [9.17, 15) is 4.79 Å². The van der Waals surface area contributed by atoms with Crippen molar-refractivity contribution in [1.29, 1.82) is 0 Å². The number of carbonyl (C=O) groups excluding carboxylic acids is 1. The number of unbranched alkanes of at least 4 members (excludes halogenated alkanes) is 1. The van der Waals surface area contributed by atoms with Crippen LogP contribution >= 0.6 is 11.6 Å². The first kappa shape index (κ1) is 23.2. The Labute approximate surface area is 179 Å². The van der Waals surface area contributed by atoms with Crippen LogP contribution in [0.2, 0.25) is 5.15 Å². The van der Waals surface area contributed by atoms with Crippen LogP contribution in [-0.4, -0.2) is 48.7 Å². The zero-order chi connectivity index (χ0) is 21.9. The zero-order valence-electron chi connectivity index (χ0n) is 16.7. The number of ether oxygens (including phenoxy) is 2. The lowest BCUT2D eigenvalue weighted by atomic mass is 10.1. The second-order valence-electron chi connectivity index (χ2n) is 6.30. The molecule has 2 amide bonds. The average molecular weight is 436 g/mol. The largest absolute Gasteiger partial charge is 0.491 e. The highest BCUT2D eigenvalue weighted by atomic mass is 35.5. The molecule has 0 bridgehead atoms. The van der Waals surface area contributed by atoms with Crippen LogP contribution in [0.3, 0.4) is 0 Å². The fraction of sp³-hybridized carbons (Fsp3) is 0.368. The molecule has 0 fully saturated rings. The molecule has 7 N–H and O–H groups in total. The number of aryl methyl sites for hydroxylation is 1. The summed E-state index contributed by atoms with van der Waals surface area (Å²) in [5, 5.41) is 2.28. The number of amidine groups is 1. The molecule has 2 aromatic rings. The van der Waals surface area contributed by atoms with Crippen molar-refractivity contribution in [3.8, 4) is 5.75 Å². The highest BCUT2D eigenvalue weighted by Gasteiger charge is 2.15. The number of aliphatic imine (C=N–C) groups is 1. The van der Waals surface area contributed by atoms with E-state index in [1.54, 1.807) is 7.11 Å². The Morgan fingerprint density at radius 1 is 1.17 bits per heavy atom. The summed E-state index contributed by atoms with van der Waals surface area (Å²) in [6.45, 7) is 1.55.